The number of rotatable bonds is 6. The van der Waals surface area contributed by atoms with Gasteiger partial charge in [0.1, 0.15) is 11.4 Å². The summed E-state index contributed by atoms with van der Waals surface area (Å²) in [7, 11) is 0. The van der Waals surface area contributed by atoms with Crippen LogP contribution >= 0.6 is 0 Å². The van der Waals surface area contributed by atoms with Crippen LogP contribution < -0.4 is 9.64 Å². The molecule has 0 aromatic heterocycles. The number of anilines is 1. The molecule has 0 spiro atoms. The van der Waals surface area contributed by atoms with Crippen molar-refractivity contribution in [2.24, 2.45) is 0 Å². The second kappa shape index (κ2) is 8.52. The fourth-order valence-electron chi connectivity index (χ4n) is 3.99. The van der Waals surface area contributed by atoms with Crippen LogP contribution in [0.1, 0.15) is 38.2 Å². The van der Waals surface area contributed by atoms with Gasteiger partial charge in [-0.05, 0) is 43.4 Å². The summed E-state index contributed by atoms with van der Waals surface area (Å²) in [6, 6.07) is 16.8. The Bertz CT molecular complexity index is 930. The largest absolute Gasteiger partial charge is 0.491 e. The minimum atomic E-state index is -0.283. The Balaban J connectivity index is 1.79. The maximum atomic E-state index is 13.6. The number of amides is 2. The molecule has 1 saturated heterocycles. The van der Waals surface area contributed by atoms with Gasteiger partial charge in [0, 0.05) is 13.1 Å². The molecule has 4 rings (SSSR count). The lowest BCUT2D eigenvalue weighted by atomic mass is 10.0. The first-order valence-corrected chi connectivity index (χ1v) is 10.4. The third-order valence-electron chi connectivity index (χ3n) is 5.36. The van der Waals surface area contributed by atoms with Gasteiger partial charge in [-0.3, -0.25) is 9.59 Å². The molecule has 1 fully saturated rings. The number of para-hydroxylation sites is 2. The van der Waals surface area contributed by atoms with Crippen molar-refractivity contribution in [2.45, 2.75) is 32.6 Å². The van der Waals surface area contributed by atoms with E-state index >= 15 is 0 Å². The minimum Gasteiger partial charge on any atom is -0.491 e. The van der Waals surface area contributed by atoms with Crippen molar-refractivity contribution in [3.8, 4) is 5.75 Å². The molecule has 2 aliphatic rings. The van der Waals surface area contributed by atoms with E-state index in [1.807, 2.05) is 55.5 Å². The Labute approximate surface area is 171 Å². The van der Waals surface area contributed by atoms with Crippen molar-refractivity contribution in [3.63, 3.8) is 0 Å². The topological polar surface area (TPSA) is 49.9 Å². The third-order valence-corrected chi connectivity index (χ3v) is 5.36. The number of benzene rings is 2. The zero-order chi connectivity index (χ0) is 20.2. The van der Waals surface area contributed by atoms with Crippen molar-refractivity contribution < 1.29 is 14.3 Å². The maximum Gasteiger partial charge on any atom is 0.282 e. The Hall–Kier alpha value is -3.08. The molecule has 5 nitrogen and oxygen atoms in total. The summed E-state index contributed by atoms with van der Waals surface area (Å²) in [5.41, 5.74) is 2.30. The lowest BCUT2D eigenvalue weighted by Crippen LogP contribution is -2.37. The highest BCUT2D eigenvalue weighted by Gasteiger charge is 2.43. The van der Waals surface area contributed by atoms with Crippen molar-refractivity contribution in [3.05, 3.63) is 65.9 Å². The molecule has 5 heteroatoms. The van der Waals surface area contributed by atoms with Crippen LogP contribution in [-0.2, 0) is 9.59 Å². The van der Waals surface area contributed by atoms with Gasteiger partial charge in [-0.25, -0.2) is 4.90 Å². The van der Waals surface area contributed by atoms with Crippen molar-refractivity contribution in [1.29, 1.82) is 0 Å². The predicted molar refractivity (Wildman–Crippen MR) is 114 cm³/mol. The summed E-state index contributed by atoms with van der Waals surface area (Å²) in [6.45, 7) is 4.16. The SMILES string of the molecule is CCCOc1ccccc1N1C(=O)C(c2ccccc2)=C(N2CCCCC2)C1=O. The van der Waals surface area contributed by atoms with E-state index in [-0.39, 0.29) is 11.8 Å². The zero-order valence-electron chi connectivity index (χ0n) is 16.8. The fraction of sp³-hybridized carbons (Fsp3) is 0.333. The second-order valence-corrected chi connectivity index (χ2v) is 7.40. The summed E-state index contributed by atoms with van der Waals surface area (Å²) >= 11 is 0. The van der Waals surface area contributed by atoms with Crippen LogP contribution in [-0.4, -0.2) is 36.4 Å². The van der Waals surface area contributed by atoms with E-state index in [9.17, 15) is 9.59 Å². The molecule has 150 valence electrons. The second-order valence-electron chi connectivity index (χ2n) is 7.40. The number of carbonyl (C=O) groups excluding carboxylic acids is 2. The molecular weight excluding hydrogens is 364 g/mol. The molecule has 0 saturated carbocycles. The van der Waals surface area contributed by atoms with Crippen molar-refractivity contribution >= 4 is 23.1 Å². The third kappa shape index (κ3) is 3.65. The lowest BCUT2D eigenvalue weighted by molar-refractivity contribution is -0.120. The van der Waals surface area contributed by atoms with Gasteiger partial charge in [0.05, 0.1) is 17.9 Å². The summed E-state index contributed by atoms with van der Waals surface area (Å²) in [4.78, 5) is 30.5. The Morgan fingerprint density at radius 3 is 2.28 bits per heavy atom. The van der Waals surface area contributed by atoms with Gasteiger partial charge >= 0.3 is 0 Å². The van der Waals surface area contributed by atoms with Crippen LogP contribution in [0.5, 0.6) is 5.75 Å². The van der Waals surface area contributed by atoms with Crippen LogP contribution in [0, 0.1) is 0 Å². The highest BCUT2D eigenvalue weighted by atomic mass is 16.5. The van der Waals surface area contributed by atoms with E-state index in [0.717, 1.165) is 44.3 Å². The van der Waals surface area contributed by atoms with Crippen molar-refractivity contribution in [1.82, 2.24) is 4.90 Å². The van der Waals surface area contributed by atoms with Gasteiger partial charge in [0.15, 0.2) is 0 Å². The minimum absolute atomic E-state index is 0.261. The van der Waals surface area contributed by atoms with Gasteiger partial charge in [0.25, 0.3) is 11.8 Å². The van der Waals surface area contributed by atoms with E-state index in [1.165, 1.54) is 4.90 Å². The highest BCUT2D eigenvalue weighted by molar-refractivity contribution is 6.45. The fourth-order valence-corrected chi connectivity index (χ4v) is 3.99. The molecule has 2 aliphatic heterocycles. The normalized spacial score (nSPS) is 17.3. The maximum absolute atomic E-state index is 13.6. The van der Waals surface area contributed by atoms with Gasteiger partial charge < -0.3 is 9.64 Å². The van der Waals surface area contributed by atoms with Gasteiger partial charge in [0.2, 0.25) is 0 Å². The van der Waals surface area contributed by atoms with E-state index in [4.69, 9.17) is 4.74 Å². The molecule has 0 radical (unpaired) electrons. The molecule has 0 aliphatic carbocycles. The van der Waals surface area contributed by atoms with Crippen LogP contribution in [0.4, 0.5) is 5.69 Å². The average Bonchev–Trinajstić information content (AvgIpc) is 3.03. The average molecular weight is 390 g/mol. The lowest BCUT2D eigenvalue weighted by Gasteiger charge is -2.29. The molecule has 29 heavy (non-hydrogen) atoms. The molecule has 0 unspecified atom stereocenters. The number of piperidine rings is 1. The molecule has 0 atom stereocenters. The van der Waals surface area contributed by atoms with E-state index in [1.54, 1.807) is 6.07 Å². The summed E-state index contributed by atoms with van der Waals surface area (Å²) in [5.74, 6) is 0.0148. The van der Waals surface area contributed by atoms with Crippen LogP contribution in [0.15, 0.2) is 60.3 Å². The summed E-state index contributed by atoms with van der Waals surface area (Å²) < 4.78 is 5.84. The number of hydrogen-bond acceptors (Lipinski definition) is 4. The van der Waals surface area contributed by atoms with E-state index in [2.05, 4.69) is 4.90 Å². The Kier molecular flexibility index (Phi) is 5.65. The number of nitrogens with zero attached hydrogens (tertiary/aromatic N) is 2. The Morgan fingerprint density at radius 1 is 0.862 bits per heavy atom. The summed E-state index contributed by atoms with van der Waals surface area (Å²) in [5, 5.41) is 0. The van der Waals surface area contributed by atoms with Crippen LogP contribution in [0.2, 0.25) is 0 Å². The van der Waals surface area contributed by atoms with Crippen LogP contribution in [0.25, 0.3) is 5.57 Å². The number of imide groups is 1. The molecule has 2 aromatic rings. The van der Waals surface area contributed by atoms with Crippen molar-refractivity contribution in [2.75, 3.05) is 24.6 Å². The molecular formula is C24H26N2O3. The molecule has 2 heterocycles. The molecule has 2 aromatic carbocycles. The first-order chi connectivity index (χ1) is 14.2. The first kappa shape index (κ1) is 19.2. The monoisotopic (exact) mass is 390 g/mol. The van der Waals surface area contributed by atoms with Crippen LogP contribution in [0.3, 0.4) is 0 Å². The Morgan fingerprint density at radius 2 is 1.55 bits per heavy atom. The predicted octanol–water partition coefficient (Wildman–Crippen LogP) is 4.25. The standard InChI is InChI=1S/C24H26N2O3/c1-2-17-29-20-14-8-7-13-19(20)26-23(27)21(18-11-5-3-6-12-18)22(24(26)28)25-15-9-4-10-16-25/h3,5-8,11-14H,2,4,9-10,15-17H2,1H3. The zero-order valence-corrected chi connectivity index (χ0v) is 16.8. The number of ether oxygens (including phenoxy) is 1. The molecule has 2 amide bonds. The smallest absolute Gasteiger partial charge is 0.282 e. The quantitative estimate of drug-likeness (QED) is 0.692. The van der Waals surface area contributed by atoms with Gasteiger partial charge in [-0.2, -0.15) is 0 Å². The highest BCUT2D eigenvalue weighted by Crippen LogP contribution is 2.39. The van der Waals surface area contributed by atoms with Gasteiger partial charge in [-0.15, -0.1) is 0 Å². The van der Waals surface area contributed by atoms with E-state index in [0.29, 0.717) is 29.3 Å². The van der Waals surface area contributed by atoms with E-state index < -0.39 is 0 Å². The summed E-state index contributed by atoms with van der Waals surface area (Å²) in [6.07, 6.45) is 4.07. The number of carbonyl (C=O) groups is 2. The number of hydrogen-bond donors (Lipinski definition) is 0. The number of likely N-dealkylation sites (tertiary alicyclic amines) is 1. The van der Waals surface area contributed by atoms with Gasteiger partial charge in [-0.1, -0.05) is 49.4 Å². The first-order valence-electron chi connectivity index (χ1n) is 10.4. The molecule has 0 N–H and O–H groups in total. The molecule has 0 bridgehead atoms.